The number of carbonyl (C=O) groups excluding carboxylic acids is 1. The molecule has 1 heterocycles. The first-order chi connectivity index (χ1) is 7.31. The minimum atomic E-state index is 0.415. The fourth-order valence-electron chi connectivity index (χ4n) is 1.62. The van der Waals surface area contributed by atoms with E-state index in [1.165, 1.54) is 0 Å². The second-order valence-electron chi connectivity index (χ2n) is 3.41. The number of carbonyl (C=O) groups is 1. The number of benzene rings is 1. The summed E-state index contributed by atoms with van der Waals surface area (Å²) < 4.78 is 1.74. The molecule has 0 N–H and O–H groups in total. The third-order valence-electron chi connectivity index (χ3n) is 2.26. The van der Waals surface area contributed by atoms with E-state index < -0.39 is 0 Å². The average molecular weight is 200 g/mol. The van der Waals surface area contributed by atoms with E-state index in [4.69, 9.17) is 0 Å². The summed E-state index contributed by atoms with van der Waals surface area (Å²) in [6.45, 7) is 0. The van der Waals surface area contributed by atoms with E-state index in [-0.39, 0.29) is 0 Å². The minimum Gasteiger partial charge on any atom is -0.303 e. The first-order valence-corrected chi connectivity index (χ1v) is 4.83. The molecule has 0 amide bonds. The fourth-order valence-corrected chi connectivity index (χ4v) is 1.62. The Balaban J connectivity index is 2.47. The molecule has 3 heteroatoms. The van der Waals surface area contributed by atoms with Crippen molar-refractivity contribution in [1.29, 1.82) is 0 Å². The SMILES string of the molecule is Cn1cc(CC=O)c(-c2ccccc2)n1. The number of aromatic nitrogens is 2. The van der Waals surface area contributed by atoms with Crippen LogP contribution in [0.2, 0.25) is 0 Å². The minimum absolute atomic E-state index is 0.415. The van der Waals surface area contributed by atoms with Gasteiger partial charge in [0.1, 0.15) is 6.29 Å². The van der Waals surface area contributed by atoms with E-state index in [2.05, 4.69) is 5.10 Å². The van der Waals surface area contributed by atoms with Gasteiger partial charge in [-0.05, 0) is 0 Å². The summed E-state index contributed by atoms with van der Waals surface area (Å²) in [7, 11) is 1.86. The lowest BCUT2D eigenvalue weighted by atomic mass is 10.1. The molecular formula is C12H12N2O. The summed E-state index contributed by atoms with van der Waals surface area (Å²) in [5.74, 6) is 0. The maximum atomic E-state index is 10.5. The highest BCUT2D eigenvalue weighted by molar-refractivity contribution is 5.67. The third kappa shape index (κ3) is 1.96. The Kier molecular flexibility index (Phi) is 2.63. The highest BCUT2D eigenvalue weighted by Crippen LogP contribution is 2.21. The van der Waals surface area contributed by atoms with Crippen LogP contribution in [0.3, 0.4) is 0 Å². The zero-order chi connectivity index (χ0) is 10.7. The summed E-state index contributed by atoms with van der Waals surface area (Å²) in [5, 5.41) is 4.36. The number of rotatable bonds is 3. The van der Waals surface area contributed by atoms with Crippen LogP contribution in [-0.4, -0.2) is 16.1 Å². The van der Waals surface area contributed by atoms with E-state index in [1.54, 1.807) is 4.68 Å². The van der Waals surface area contributed by atoms with Crippen LogP contribution in [0.1, 0.15) is 5.56 Å². The Labute approximate surface area is 88.4 Å². The molecule has 3 nitrogen and oxygen atoms in total. The van der Waals surface area contributed by atoms with Gasteiger partial charge in [0.05, 0.1) is 5.69 Å². The van der Waals surface area contributed by atoms with Crippen molar-refractivity contribution in [2.24, 2.45) is 7.05 Å². The molecule has 0 bridgehead atoms. The Morgan fingerprint density at radius 3 is 2.73 bits per heavy atom. The molecule has 0 saturated heterocycles. The average Bonchev–Trinajstić information content (AvgIpc) is 2.62. The van der Waals surface area contributed by atoms with Crippen LogP contribution >= 0.6 is 0 Å². The smallest absolute Gasteiger partial charge is 0.124 e. The summed E-state index contributed by atoms with van der Waals surface area (Å²) in [5.41, 5.74) is 2.92. The molecule has 2 aromatic rings. The van der Waals surface area contributed by atoms with Crippen molar-refractivity contribution >= 4 is 6.29 Å². The molecule has 0 fully saturated rings. The lowest BCUT2D eigenvalue weighted by molar-refractivity contribution is -0.107. The summed E-state index contributed by atoms with van der Waals surface area (Å²) in [4.78, 5) is 10.5. The zero-order valence-corrected chi connectivity index (χ0v) is 8.55. The first kappa shape index (κ1) is 9.65. The van der Waals surface area contributed by atoms with Crippen LogP contribution in [0, 0.1) is 0 Å². The molecule has 2 rings (SSSR count). The number of nitrogens with zero attached hydrogens (tertiary/aromatic N) is 2. The highest BCUT2D eigenvalue weighted by Gasteiger charge is 2.08. The van der Waals surface area contributed by atoms with Gasteiger partial charge in [0.15, 0.2) is 0 Å². The second kappa shape index (κ2) is 4.09. The molecular weight excluding hydrogens is 188 g/mol. The molecule has 15 heavy (non-hydrogen) atoms. The lowest BCUT2D eigenvalue weighted by Gasteiger charge is -1.98. The molecule has 0 radical (unpaired) electrons. The van der Waals surface area contributed by atoms with E-state index >= 15 is 0 Å². The highest BCUT2D eigenvalue weighted by atomic mass is 16.1. The van der Waals surface area contributed by atoms with Gasteiger partial charge in [-0.25, -0.2) is 0 Å². The van der Waals surface area contributed by atoms with Crippen LogP contribution in [-0.2, 0) is 18.3 Å². The standard InChI is InChI=1S/C12H12N2O/c1-14-9-11(7-8-15)12(13-14)10-5-3-2-4-6-10/h2-6,8-9H,7H2,1H3. The molecule has 0 aliphatic rings. The number of hydrogen-bond acceptors (Lipinski definition) is 2. The van der Waals surface area contributed by atoms with Gasteiger partial charge in [-0.1, -0.05) is 30.3 Å². The van der Waals surface area contributed by atoms with Crippen LogP contribution in [0.25, 0.3) is 11.3 Å². The van der Waals surface area contributed by atoms with E-state index in [9.17, 15) is 4.79 Å². The zero-order valence-electron chi connectivity index (χ0n) is 8.55. The van der Waals surface area contributed by atoms with Crippen LogP contribution in [0.4, 0.5) is 0 Å². The van der Waals surface area contributed by atoms with Gasteiger partial charge in [0, 0.05) is 30.8 Å². The summed E-state index contributed by atoms with van der Waals surface area (Å²) >= 11 is 0. The lowest BCUT2D eigenvalue weighted by Crippen LogP contribution is -1.88. The van der Waals surface area contributed by atoms with Crippen molar-refractivity contribution < 1.29 is 4.79 Å². The van der Waals surface area contributed by atoms with Crippen molar-refractivity contribution in [3.8, 4) is 11.3 Å². The number of hydrogen-bond donors (Lipinski definition) is 0. The number of aldehydes is 1. The first-order valence-electron chi connectivity index (χ1n) is 4.83. The van der Waals surface area contributed by atoms with Gasteiger partial charge < -0.3 is 4.79 Å². The summed E-state index contributed by atoms with van der Waals surface area (Å²) in [6.07, 6.45) is 3.21. The van der Waals surface area contributed by atoms with E-state index in [0.29, 0.717) is 6.42 Å². The number of aryl methyl sites for hydroxylation is 1. The monoisotopic (exact) mass is 200 g/mol. The Bertz CT molecular complexity index is 460. The van der Waals surface area contributed by atoms with Crippen molar-refractivity contribution in [2.45, 2.75) is 6.42 Å². The molecule has 0 saturated carbocycles. The molecule has 0 spiro atoms. The molecule has 0 aliphatic carbocycles. The molecule has 0 aliphatic heterocycles. The maximum Gasteiger partial charge on any atom is 0.124 e. The van der Waals surface area contributed by atoms with Crippen LogP contribution in [0.5, 0.6) is 0 Å². The van der Waals surface area contributed by atoms with Gasteiger partial charge in [0.2, 0.25) is 0 Å². The van der Waals surface area contributed by atoms with Gasteiger partial charge in [0.25, 0.3) is 0 Å². The topological polar surface area (TPSA) is 34.9 Å². The molecule has 1 aromatic carbocycles. The Hall–Kier alpha value is -1.90. The van der Waals surface area contributed by atoms with Gasteiger partial charge >= 0.3 is 0 Å². The van der Waals surface area contributed by atoms with Crippen molar-refractivity contribution in [2.75, 3.05) is 0 Å². The van der Waals surface area contributed by atoms with Crippen molar-refractivity contribution in [3.63, 3.8) is 0 Å². The fraction of sp³-hybridized carbons (Fsp3) is 0.167. The van der Waals surface area contributed by atoms with Crippen LogP contribution < -0.4 is 0 Å². The van der Waals surface area contributed by atoms with E-state index in [0.717, 1.165) is 23.1 Å². The van der Waals surface area contributed by atoms with Gasteiger partial charge in [-0.2, -0.15) is 5.10 Å². The molecule has 0 atom stereocenters. The van der Waals surface area contributed by atoms with Crippen molar-refractivity contribution in [3.05, 3.63) is 42.1 Å². The maximum absolute atomic E-state index is 10.5. The third-order valence-corrected chi connectivity index (χ3v) is 2.26. The van der Waals surface area contributed by atoms with Gasteiger partial charge in [-0.3, -0.25) is 4.68 Å². The van der Waals surface area contributed by atoms with E-state index in [1.807, 2.05) is 43.6 Å². The summed E-state index contributed by atoms with van der Waals surface area (Å²) in [6, 6.07) is 9.89. The Morgan fingerprint density at radius 1 is 1.33 bits per heavy atom. The predicted molar refractivity (Wildman–Crippen MR) is 58.4 cm³/mol. The van der Waals surface area contributed by atoms with Crippen LogP contribution in [0.15, 0.2) is 36.5 Å². The molecule has 0 unspecified atom stereocenters. The molecule has 76 valence electrons. The predicted octanol–water partition coefficient (Wildman–Crippen LogP) is 1.83. The quantitative estimate of drug-likeness (QED) is 0.708. The molecule has 1 aromatic heterocycles. The largest absolute Gasteiger partial charge is 0.303 e. The second-order valence-corrected chi connectivity index (χ2v) is 3.41. The normalized spacial score (nSPS) is 10.2. The van der Waals surface area contributed by atoms with Gasteiger partial charge in [-0.15, -0.1) is 0 Å². The Morgan fingerprint density at radius 2 is 2.07 bits per heavy atom. The van der Waals surface area contributed by atoms with Crippen molar-refractivity contribution in [1.82, 2.24) is 9.78 Å².